The van der Waals surface area contributed by atoms with E-state index < -0.39 is 9.25 Å². The summed E-state index contributed by atoms with van der Waals surface area (Å²) < 4.78 is 17.8. The van der Waals surface area contributed by atoms with Gasteiger partial charge in [0.2, 0.25) is 0 Å². The molecule has 1 aromatic rings. The largest absolute Gasteiger partial charge is 0.355 e. The molecule has 4 nitrogen and oxygen atoms in total. The van der Waals surface area contributed by atoms with Crippen molar-refractivity contribution >= 4 is 27.0 Å². The summed E-state index contributed by atoms with van der Waals surface area (Å²) in [6.45, 7) is 8.49. The van der Waals surface area contributed by atoms with Crippen LogP contribution in [0, 0.1) is 5.92 Å². The number of hydrogen-bond acceptors (Lipinski definition) is 4. The highest BCUT2D eigenvalue weighted by atomic mass is 32.3. The SMILES string of the molecule is CNS(=O)(CCCC(C)C)(Cc1ccccc1)C1=NC(S)C(C)(C)N1. The molecule has 0 radical (unpaired) electrons. The van der Waals surface area contributed by atoms with Crippen molar-refractivity contribution in [2.75, 3.05) is 12.8 Å². The number of nitrogens with zero attached hydrogens (tertiary/aromatic N) is 1. The van der Waals surface area contributed by atoms with Gasteiger partial charge in [-0.25, -0.2) is 4.99 Å². The van der Waals surface area contributed by atoms with Gasteiger partial charge < -0.3 is 5.32 Å². The van der Waals surface area contributed by atoms with Crippen LogP contribution < -0.4 is 10.0 Å². The van der Waals surface area contributed by atoms with Gasteiger partial charge in [-0.05, 0) is 38.8 Å². The van der Waals surface area contributed by atoms with Gasteiger partial charge in [0.05, 0.1) is 5.54 Å². The van der Waals surface area contributed by atoms with E-state index in [2.05, 4.69) is 36.5 Å². The summed E-state index contributed by atoms with van der Waals surface area (Å²) in [5, 5.41) is 3.80. The molecule has 2 N–H and O–H groups in total. The molecule has 1 aliphatic heterocycles. The van der Waals surface area contributed by atoms with E-state index in [1.165, 1.54) is 0 Å². The third kappa shape index (κ3) is 4.47. The van der Waals surface area contributed by atoms with Crippen LogP contribution in [0.5, 0.6) is 0 Å². The molecule has 0 spiro atoms. The molecule has 1 aliphatic rings. The highest BCUT2D eigenvalue weighted by molar-refractivity contribution is 8.30. The molecule has 1 atom stereocenters. The Hall–Kier alpha value is -0.850. The number of aliphatic imine (C=N–C) groups is 1. The molecule has 0 aliphatic carbocycles. The van der Waals surface area contributed by atoms with E-state index in [-0.39, 0.29) is 10.9 Å². The minimum Gasteiger partial charge on any atom is -0.355 e. The van der Waals surface area contributed by atoms with Crippen molar-refractivity contribution < 1.29 is 4.21 Å². The molecular formula is C19H33N3OS2. The Morgan fingerprint density at radius 2 is 1.96 bits per heavy atom. The fourth-order valence-electron chi connectivity index (χ4n) is 3.12. The van der Waals surface area contributed by atoms with Gasteiger partial charge >= 0.3 is 0 Å². The first kappa shape index (κ1) is 20.5. The summed E-state index contributed by atoms with van der Waals surface area (Å²) in [6, 6.07) is 10.0. The molecule has 0 saturated heterocycles. The van der Waals surface area contributed by atoms with Gasteiger partial charge in [0.1, 0.15) is 5.37 Å². The molecule has 1 aromatic carbocycles. The lowest BCUT2D eigenvalue weighted by Crippen LogP contribution is -2.61. The molecule has 0 saturated carbocycles. The Morgan fingerprint density at radius 1 is 1.32 bits per heavy atom. The first-order valence-corrected chi connectivity index (χ1v) is 11.8. The van der Waals surface area contributed by atoms with Crippen LogP contribution in [0.1, 0.15) is 46.1 Å². The highest BCUT2D eigenvalue weighted by Crippen LogP contribution is 2.35. The maximum absolute atomic E-state index is 14.6. The average Bonchev–Trinajstić information content (AvgIpc) is 2.83. The minimum absolute atomic E-state index is 0.207. The van der Waals surface area contributed by atoms with Crippen molar-refractivity contribution in [2.24, 2.45) is 10.9 Å². The summed E-state index contributed by atoms with van der Waals surface area (Å²) in [7, 11) is -1.58. The molecule has 0 fully saturated rings. The maximum atomic E-state index is 14.6. The molecule has 2 rings (SSSR count). The van der Waals surface area contributed by atoms with Gasteiger partial charge in [-0.3, -0.25) is 8.93 Å². The zero-order valence-corrected chi connectivity index (χ0v) is 17.8. The fourth-order valence-corrected chi connectivity index (χ4v) is 6.92. The molecule has 25 heavy (non-hydrogen) atoms. The first-order chi connectivity index (χ1) is 11.6. The summed E-state index contributed by atoms with van der Waals surface area (Å²) >= 11 is 4.59. The van der Waals surface area contributed by atoms with Gasteiger partial charge in [0, 0.05) is 20.8 Å². The van der Waals surface area contributed by atoms with Crippen LogP contribution in [0.2, 0.25) is 0 Å². The average molecular weight is 384 g/mol. The second-order valence-electron chi connectivity index (χ2n) is 8.01. The van der Waals surface area contributed by atoms with Crippen LogP contribution in [0.3, 0.4) is 0 Å². The highest BCUT2D eigenvalue weighted by Gasteiger charge is 2.47. The number of thiol groups is 1. The van der Waals surface area contributed by atoms with Crippen LogP contribution in [0.4, 0.5) is 0 Å². The lowest BCUT2D eigenvalue weighted by atomic mass is 10.1. The molecule has 1 unspecified atom stereocenters. The van der Waals surface area contributed by atoms with Crippen LogP contribution in [-0.4, -0.2) is 33.1 Å². The monoisotopic (exact) mass is 383 g/mol. The van der Waals surface area contributed by atoms with Crippen molar-refractivity contribution in [3.8, 4) is 0 Å². The maximum Gasteiger partial charge on any atom is 0.180 e. The Balaban J connectivity index is 2.42. The topological polar surface area (TPSA) is 53.5 Å². The van der Waals surface area contributed by atoms with E-state index in [1.807, 2.05) is 44.2 Å². The van der Waals surface area contributed by atoms with Crippen molar-refractivity contribution in [1.29, 1.82) is 0 Å². The third-order valence-electron chi connectivity index (χ3n) is 4.91. The minimum atomic E-state index is -3.38. The van der Waals surface area contributed by atoms with Crippen LogP contribution in [-0.2, 0) is 15.0 Å². The van der Waals surface area contributed by atoms with Crippen LogP contribution in [0.15, 0.2) is 35.3 Å². The number of amidine groups is 1. The van der Waals surface area contributed by atoms with Gasteiger partial charge in [-0.1, -0.05) is 50.6 Å². The Labute approximate surface area is 158 Å². The predicted molar refractivity (Wildman–Crippen MR) is 114 cm³/mol. The van der Waals surface area contributed by atoms with E-state index in [4.69, 9.17) is 4.99 Å². The van der Waals surface area contributed by atoms with Crippen molar-refractivity contribution in [3.63, 3.8) is 0 Å². The third-order valence-corrected chi connectivity index (χ3v) is 9.82. The standard InChI is InChI=1S/C19H33N3OS2/c1-15(2)10-9-13-25(23,20-5,14-16-11-7-6-8-12-16)18-21-17(24)19(3,4)22-18/h6-8,11-12,15,17,24H,9-10,13-14H2,1-5H3,(H,20,23)(H,21,22). The fraction of sp³-hybridized carbons (Fsp3) is 0.632. The van der Waals surface area contributed by atoms with Gasteiger partial charge in [-0.15, -0.1) is 0 Å². The van der Waals surface area contributed by atoms with E-state index in [0.717, 1.165) is 18.4 Å². The molecule has 1 heterocycles. The Morgan fingerprint density at radius 3 is 2.44 bits per heavy atom. The Bertz CT molecular complexity index is 685. The molecular weight excluding hydrogens is 350 g/mol. The van der Waals surface area contributed by atoms with Crippen LogP contribution >= 0.6 is 12.6 Å². The molecule has 6 heteroatoms. The van der Waals surface area contributed by atoms with E-state index >= 15 is 0 Å². The first-order valence-electron chi connectivity index (χ1n) is 9.01. The summed E-state index contributed by atoms with van der Waals surface area (Å²) in [5.41, 5.74) is 0.745. The van der Waals surface area contributed by atoms with Crippen LogP contribution in [0.25, 0.3) is 0 Å². The number of hydrogen-bond donors (Lipinski definition) is 3. The number of nitrogens with one attached hydrogen (secondary N) is 2. The van der Waals surface area contributed by atoms with Crippen molar-refractivity contribution in [1.82, 2.24) is 10.0 Å². The second-order valence-corrected chi connectivity index (χ2v) is 12.6. The van der Waals surface area contributed by atoms with Gasteiger partial charge in [0.25, 0.3) is 0 Å². The summed E-state index contributed by atoms with van der Waals surface area (Å²) in [4.78, 5) is 4.69. The summed E-state index contributed by atoms with van der Waals surface area (Å²) in [5.74, 6) is 1.63. The zero-order chi connectivity index (χ0) is 18.7. The van der Waals surface area contributed by atoms with E-state index in [1.54, 1.807) is 7.05 Å². The van der Waals surface area contributed by atoms with Gasteiger partial charge in [0.15, 0.2) is 5.17 Å². The van der Waals surface area contributed by atoms with Gasteiger partial charge in [-0.2, -0.15) is 12.6 Å². The second kappa shape index (κ2) is 7.41. The summed E-state index contributed by atoms with van der Waals surface area (Å²) in [6.07, 6.45) is 1.95. The zero-order valence-electron chi connectivity index (χ0n) is 16.1. The van der Waals surface area contributed by atoms with E-state index in [0.29, 0.717) is 22.6 Å². The normalized spacial score (nSPS) is 21.5. The lowest BCUT2D eigenvalue weighted by molar-refractivity contribution is 0.483. The molecule has 0 aromatic heterocycles. The quantitative estimate of drug-likeness (QED) is 0.631. The molecule has 142 valence electrons. The van der Waals surface area contributed by atoms with E-state index in [9.17, 15) is 4.21 Å². The van der Waals surface area contributed by atoms with Crippen molar-refractivity contribution in [3.05, 3.63) is 35.9 Å². The molecule has 0 amide bonds. The Kier molecular flexibility index (Phi) is 6.07. The number of benzene rings is 1. The predicted octanol–water partition coefficient (Wildman–Crippen LogP) is 3.57. The smallest absolute Gasteiger partial charge is 0.180 e. The molecule has 0 bridgehead atoms. The lowest BCUT2D eigenvalue weighted by Gasteiger charge is -2.43. The van der Waals surface area contributed by atoms with Crippen molar-refractivity contribution in [2.45, 2.75) is 57.2 Å². The number of rotatable bonds is 7.